The lowest BCUT2D eigenvalue weighted by Gasteiger charge is -2.32. The molecule has 13 heteroatoms. The van der Waals surface area contributed by atoms with Crippen LogP contribution in [0.3, 0.4) is 0 Å². The second kappa shape index (κ2) is 4.42. The molecular weight excluding hydrogens is 314 g/mol. The normalized spacial score (nSPS) is 17.1. The summed E-state index contributed by atoms with van der Waals surface area (Å²) in [5.41, 5.74) is -5.41. The highest BCUT2D eigenvalue weighted by Crippen LogP contribution is 2.51. The van der Waals surface area contributed by atoms with E-state index in [0.29, 0.717) is 0 Å². The number of alkyl halides is 9. The molecule has 0 N–H and O–H groups in total. The maximum Gasteiger partial charge on any atom is 0.382 e. The minimum Gasteiger partial charge on any atom is -0.220 e. The van der Waals surface area contributed by atoms with Crippen molar-refractivity contribution in [1.29, 1.82) is 0 Å². The summed E-state index contributed by atoms with van der Waals surface area (Å²) in [6.07, 6.45) is -5.35. The highest BCUT2D eigenvalue weighted by atomic mass is 32.3. The Kier molecular flexibility index (Phi) is 4.23. The molecule has 18 heavy (non-hydrogen) atoms. The summed E-state index contributed by atoms with van der Waals surface area (Å²) in [6.45, 7) is 0. The van der Waals surface area contributed by atoms with Crippen molar-refractivity contribution in [2.75, 3.05) is 0 Å². The molecule has 0 fully saturated rings. The highest BCUT2D eigenvalue weighted by molar-refractivity contribution is 7.86. The van der Waals surface area contributed by atoms with Crippen molar-refractivity contribution in [3.8, 4) is 0 Å². The SMILES string of the molecule is O=S(=O)(F)C(F)C(F)(F)C(F)(F)C(F)(F)C(F)F. The van der Waals surface area contributed by atoms with Crippen LogP contribution in [0.4, 0.5) is 43.4 Å². The third kappa shape index (κ3) is 2.49. The Morgan fingerprint density at radius 3 is 1.33 bits per heavy atom. The fraction of sp³-hybridized carbons (Fsp3) is 1.00. The molecule has 0 spiro atoms. The Balaban J connectivity index is 5.74. The summed E-state index contributed by atoms with van der Waals surface area (Å²) in [5.74, 6) is -20.8. The van der Waals surface area contributed by atoms with Crippen LogP contribution in [0.2, 0.25) is 0 Å². The maximum atomic E-state index is 12.4. The zero-order valence-corrected chi connectivity index (χ0v) is 8.48. The van der Waals surface area contributed by atoms with Crippen LogP contribution in [0, 0.1) is 0 Å². The van der Waals surface area contributed by atoms with Crippen LogP contribution in [-0.4, -0.2) is 38.1 Å². The predicted molar refractivity (Wildman–Crippen MR) is 35.8 cm³/mol. The zero-order chi connectivity index (χ0) is 15.2. The van der Waals surface area contributed by atoms with E-state index < -0.39 is 39.9 Å². The topological polar surface area (TPSA) is 34.1 Å². The smallest absolute Gasteiger partial charge is 0.220 e. The molecule has 0 aliphatic heterocycles. The summed E-state index contributed by atoms with van der Waals surface area (Å²) in [7, 11) is -7.00. The van der Waals surface area contributed by atoms with E-state index in [2.05, 4.69) is 0 Å². The molecule has 2 nitrogen and oxygen atoms in total. The molecule has 0 heterocycles. The van der Waals surface area contributed by atoms with Crippen molar-refractivity contribution in [1.82, 2.24) is 0 Å². The average molecular weight is 316 g/mol. The van der Waals surface area contributed by atoms with Gasteiger partial charge in [0.25, 0.3) is 5.50 Å². The summed E-state index contributed by atoms with van der Waals surface area (Å²) >= 11 is 0. The van der Waals surface area contributed by atoms with Crippen LogP contribution in [-0.2, 0) is 10.2 Å². The Morgan fingerprint density at radius 2 is 1.11 bits per heavy atom. The van der Waals surface area contributed by atoms with Gasteiger partial charge in [-0.1, -0.05) is 0 Å². The summed E-state index contributed by atoms with van der Waals surface area (Å²) in [6, 6.07) is 0. The molecule has 1 atom stereocenters. The van der Waals surface area contributed by atoms with Gasteiger partial charge in [0, 0.05) is 0 Å². The molecule has 0 saturated heterocycles. The third-order valence-corrected chi connectivity index (χ3v) is 2.43. The van der Waals surface area contributed by atoms with E-state index >= 15 is 0 Å². The van der Waals surface area contributed by atoms with Gasteiger partial charge in [-0.25, -0.2) is 13.2 Å². The predicted octanol–water partition coefficient (Wildman–Crippen LogP) is 2.75. The molecule has 0 rings (SSSR count). The maximum absolute atomic E-state index is 12.4. The molecule has 0 aromatic heterocycles. The standard InChI is InChI=1S/C5H2F10O2S/c6-1(7)3(9,10)5(13,14)4(11,12)2(8)18(15,16)17/h1-2H. The lowest BCUT2D eigenvalue weighted by atomic mass is 10.1. The van der Waals surface area contributed by atoms with Gasteiger partial charge in [0.2, 0.25) is 0 Å². The summed E-state index contributed by atoms with van der Waals surface area (Å²) in [4.78, 5) is 0. The van der Waals surface area contributed by atoms with Crippen LogP contribution in [0.5, 0.6) is 0 Å². The van der Waals surface area contributed by atoms with Gasteiger partial charge in [-0.3, -0.25) is 0 Å². The Bertz CT molecular complexity index is 400. The first-order valence-corrected chi connectivity index (χ1v) is 5.04. The minimum absolute atomic E-state index is 5.35. The van der Waals surface area contributed by atoms with E-state index in [1.54, 1.807) is 0 Å². The molecule has 0 aliphatic carbocycles. The monoisotopic (exact) mass is 316 g/mol. The molecule has 0 aromatic rings. The third-order valence-electron chi connectivity index (χ3n) is 1.64. The van der Waals surface area contributed by atoms with Crippen molar-refractivity contribution >= 4 is 10.2 Å². The molecule has 0 amide bonds. The van der Waals surface area contributed by atoms with Crippen LogP contribution < -0.4 is 0 Å². The van der Waals surface area contributed by atoms with Gasteiger partial charge in [0.1, 0.15) is 0 Å². The fourth-order valence-electron chi connectivity index (χ4n) is 0.679. The highest BCUT2D eigenvalue weighted by Gasteiger charge is 2.79. The number of halogens is 10. The zero-order valence-electron chi connectivity index (χ0n) is 7.66. The molecule has 0 aliphatic rings. The van der Waals surface area contributed by atoms with Gasteiger partial charge >= 0.3 is 34.4 Å². The largest absolute Gasteiger partial charge is 0.382 e. The number of hydrogen-bond donors (Lipinski definition) is 0. The van der Waals surface area contributed by atoms with Gasteiger partial charge < -0.3 is 0 Å². The first kappa shape index (κ1) is 17.2. The van der Waals surface area contributed by atoms with E-state index in [4.69, 9.17) is 0 Å². The Morgan fingerprint density at radius 1 is 0.778 bits per heavy atom. The van der Waals surface area contributed by atoms with E-state index in [1.807, 2.05) is 0 Å². The first-order valence-electron chi connectivity index (χ1n) is 3.59. The minimum atomic E-state index is -7.12. The summed E-state index contributed by atoms with van der Waals surface area (Å²) in [5, 5.41) is 0. The average Bonchev–Trinajstić information content (AvgIpc) is 2.14. The fourth-order valence-corrected chi connectivity index (χ4v) is 1.18. The molecular formula is C5H2F10O2S. The van der Waals surface area contributed by atoms with Crippen molar-refractivity contribution in [3.05, 3.63) is 0 Å². The van der Waals surface area contributed by atoms with Crippen molar-refractivity contribution in [3.63, 3.8) is 0 Å². The first-order chi connectivity index (χ1) is 7.60. The van der Waals surface area contributed by atoms with Crippen LogP contribution in [0.15, 0.2) is 0 Å². The molecule has 0 aromatic carbocycles. The van der Waals surface area contributed by atoms with E-state index in [1.165, 1.54) is 0 Å². The van der Waals surface area contributed by atoms with E-state index in [9.17, 15) is 51.8 Å². The Hall–Kier alpha value is -0.750. The molecule has 0 saturated carbocycles. The van der Waals surface area contributed by atoms with Crippen LogP contribution >= 0.6 is 0 Å². The molecule has 110 valence electrons. The van der Waals surface area contributed by atoms with Gasteiger partial charge in [-0.15, -0.1) is 3.89 Å². The number of rotatable bonds is 5. The van der Waals surface area contributed by atoms with Gasteiger partial charge in [-0.05, 0) is 0 Å². The lowest BCUT2D eigenvalue weighted by molar-refractivity contribution is -0.344. The van der Waals surface area contributed by atoms with Crippen LogP contribution in [0.25, 0.3) is 0 Å². The molecule has 1 unspecified atom stereocenters. The second-order valence-corrected chi connectivity index (χ2v) is 4.28. The van der Waals surface area contributed by atoms with Gasteiger partial charge in [-0.2, -0.15) is 34.8 Å². The quantitative estimate of drug-likeness (QED) is 0.577. The van der Waals surface area contributed by atoms with Crippen molar-refractivity contribution in [2.24, 2.45) is 0 Å². The molecule has 0 radical (unpaired) electrons. The van der Waals surface area contributed by atoms with E-state index in [0.717, 1.165) is 0 Å². The van der Waals surface area contributed by atoms with Crippen molar-refractivity contribution in [2.45, 2.75) is 29.7 Å². The number of hydrogen-bond acceptors (Lipinski definition) is 2. The van der Waals surface area contributed by atoms with Gasteiger partial charge in [0.05, 0.1) is 0 Å². The van der Waals surface area contributed by atoms with Crippen molar-refractivity contribution < 1.29 is 51.8 Å². The second-order valence-electron chi connectivity index (χ2n) is 2.91. The van der Waals surface area contributed by atoms with E-state index in [-0.39, 0.29) is 0 Å². The lowest BCUT2D eigenvalue weighted by Crippen LogP contribution is -2.61. The van der Waals surface area contributed by atoms with Gasteiger partial charge in [0.15, 0.2) is 0 Å². The Labute approximate surface area is 92.8 Å². The molecule has 0 bridgehead atoms. The summed E-state index contributed by atoms with van der Waals surface area (Å²) < 4.78 is 140. The van der Waals surface area contributed by atoms with Crippen LogP contribution in [0.1, 0.15) is 0 Å².